The van der Waals surface area contributed by atoms with Gasteiger partial charge in [0.1, 0.15) is 5.01 Å². The standard InChI is InChI=1S/C6H8ClNS/c1-2-5-4-8-6(3-7)9-5/h4H,2-3H2,1H3. The van der Waals surface area contributed by atoms with Crippen molar-refractivity contribution in [3.8, 4) is 0 Å². The lowest BCUT2D eigenvalue weighted by Crippen LogP contribution is -1.67. The Morgan fingerprint density at radius 2 is 2.56 bits per heavy atom. The van der Waals surface area contributed by atoms with E-state index in [2.05, 4.69) is 11.9 Å². The van der Waals surface area contributed by atoms with Gasteiger partial charge in [-0.1, -0.05) is 6.92 Å². The Kier molecular flexibility index (Phi) is 2.49. The summed E-state index contributed by atoms with van der Waals surface area (Å²) in [6.07, 6.45) is 2.96. The molecule has 0 saturated heterocycles. The second kappa shape index (κ2) is 3.18. The monoisotopic (exact) mass is 161 g/mol. The Hall–Kier alpha value is -0.0800. The maximum absolute atomic E-state index is 5.55. The maximum atomic E-state index is 5.55. The van der Waals surface area contributed by atoms with E-state index in [1.807, 2.05) is 6.20 Å². The van der Waals surface area contributed by atoms with Crippen molar-refractivity contribution in [1.29, 1.82) is 0 Å². The lowest BCUT2D eigenvalue weighted by atomic mass is 10.4. The van der Waals surface area contributed by atoms with E-state index in [0.29, 0.717) is 5.88 Å². The summed E-state index contributed by atoms with van der Waals surface area (Å²) in [7, 11) is 0. The minimum absolute atomic E-state index is 0.546. The van der Waals surface area contributed by atoms with Crippen molar-refractivity contribution in [3.05, 3.63) is 16.1 Å². The first-order valence-corrected chi connectivity index (χ1v) is 4.21. The maximum Gasteiger partial charge on any atom is 0.108 e. The van der Waals surface area contributed by atoms with Crippen LogP contribution >= 0.6 is 22.9 Å². The van der Waals surface area contributed by atoms with Crippen molar-refractivity contribution in [2.75, 3.05) is 0 Å². The fourth-order valence-corrected chi connectivity index (χ4v) is 1.52. The van der Waals surface area contributed by atoms with Crippen LogP contribution in [0.15, 0.2) is 6.20 Å². The van der Waals surface area contributed by atoms with Crippen LogP contribution in [0.1, 0.15) is 16.8 Å². The van der Waals surface area contributed by atoms with E-state index < -0.39 is 0 Å². The summed E-state index contributed by atoms with van der Waals surface area (Å²) in [4.78, 5) is 5.40. The topological polar surface area (TPSA) is 12.9 Å². The quantitative estimate of drug-likeness (QED) is 0.608. The molecule has 0 aromatic carbocycles. The van der Waals surface area contributed by atoms with Gasteiger partial charge in [-0.25, -0.2) is 4.98 Å². The highest BCUT2D eigenvalue weighted by atomic mass is 35.5. The first-order chi connectivity index (χ1) is 4.36. The molecule has 3 heteroatoms. The van der Waals surface area contributed by atoms with Crippen molar-refractivity contribution in [2.45, 2.75) is 19.2 Å². The first kappa shape index (κ1) is 7.03. The Bertz CT molecular complexity index is 166. The molecule has 0 radical (unpaired) electrons. The summed E-state index contributed by atoms with van der Waals surface area (Å²) in [5, 5.41) is 1.02. The average Bonchev–Trinajstić information content (AvgIpc) is 2.34. The van der Waals surface area contributed by atoms with Crippen LogP contribution < -0.4 is 0 Å². The molecule has 0 aliphatic carbocycles. The molecular weight excluding hydrogens is 154 g/mol. The van der Waals surface area contributed by atoms with Gasteiger partial charge in [-0.15, -0.1) is 22.9 Å². The predicted molar refractivity (Wildman–Crippen MR) is 41.0 cm³/mol. The number of hydrogen-bond acceptors (Lipinski definition) is 2. The molecule has 0 N–H and O–H groups in total. The van der Waals surface area contributed by atoms with E-state index in [-0.39, 0.29) is 0 Å². The lowest BCUT2D eigenvalue weighted by molar-refractivity contribution is 1.16. The summed E-state index contributed by atoms with van der Waals surface area (Å²) < 4.78 is 0. The summed E-state index contributed by atoms with van der Waals surface area (Å²) in [6.45, 7) is 2.12. The van der Waals surface area contributed by atoms with E-state index in [1.165, 1.54) is 4.88 Å². The predicted octanol–water partition coefficient (Wildman–Crippen LogP) is 2.44. The van der Waals surface area contributed by atoms with Gasteiger partial charge in [-0.2, -0.15) is 0 Å². The molecule has 0 unspecified atom stereocenters. The molecule has 0 spiro atoms. The molecular formula is C6H8ClNS. The van der Waals surface area contributed by atoms with Crippen LogP contribution in [0.25, 0.3) is 0 Å². The smallest absolute Gasteiger partial charge is 0.108 e. The van der Waals surface area contributed by atoms with Crippen LogP contribution in [0.5, 0.6) is 0 Å². The van der Waals surface area contributed by atoms with Crippen molar-refractivity contribution in [1.82, 2.24) is 4.98 Å². The van der Waals surface area contributed by atoms with Crippen LogP contribution in [0.4, 0.5) is 0 Å². The molecule has 1 rings (SSSR count). The summed E-state index contributed by atoms with van der Waals surface area (Å²) in [5.41, 5.74) is 0. The van der Waals surface area contributed by atoms with Gasteiger partial charge >= 0.3 is 0 Å². The minimum atomic E-state index is 0.546. The molecule has 0 amide bonds. The number of alkyl halides is 1. The van der Waals surface area contributed by atoms with Crippen LogP contribution in [0, 0.1) is 0 Å². The van der Waals surface area contributed by atoms with Crippen LogP contribution in [0.3, 0.4) is 0 Å². The third-order valence-corrected chi connectivity index (χ3v) is 2.62. The highest BCUT2D eigenvalue weighted by molar-refractivity contribution is 7.11. The van der Waals surface area contributed by atoms with Gasteiger partial charge in [0.15, 0.2) is 0 Å². The summed E-state index contributed by atoms with van der Waals surface area (Å²) in [6, 6.07) is 0. The molecule has 50 valence electrons. The van der Waals surface area contributed by atoms with Gasteiger partial charge in [-0.05, 0) is 6.42 Å². The average molecular weight is 162 g/mol. The largest absolute Gasteiger partial charge is 0.248 e. The second-order valence-electron chi connectivity index (χ2n) is 1.71. The number of rotatable bonds is 2. The summed E-state index contributed by atoms with van der Waals surface area (Å²) >= 11 is 7.23. The normalized spacial score (nSPS) is 10.0. The zero-order valence-corrected chi connectivity index (χ0v) is 6.80. The molecule has 1 aromatic rings. The Labute approximate surface area is 63.7 Å². The number of aromatic nitrogens is 1. The zero-order valence-electron chi connectivity index (χ0n) is 5.22. The zero-order chi connectivity index (χ0) is 6.69. The van der Waals surface area contributed by atoms with Crippen LogP contribution in [0.2, 0.25) is 0 Å². The minimum Gasteiger partial charge on any atom is -0.248 e. The number of hydrogen-bond donors (Lipinski definition) is 0. The molecule has 1 nitrogen and oxygen atoms in total. The van der Waals surface area contributed by atoms with E-state index in [9.17, 15) is 0 Å². The van der Waals surface area contributed by atoms with Gasteiger partial charge in [0.25, 0.3) is 0 Å². The fourth-order valence-electron chi connectivity index (χ4n) is 0.573. The molecule has 1 heterocycles. The molecule has 1 aromatic heterocycles. The van der Waals surface area contributed by atoms with Crippen LogP contribution in [-0.4, -0.2) is 4.98 Å². The third-order valence-electron chi connectivity index (χ3n) is 1.06. The van der Waals surface area contributed by atoms with Gasteiger partial charge in [0.05, 0.1) is 5.88 Å². The number of aryl methyl sites for hydroxylation is 1. The Morgan fingerprint density at radius 3 is 2.89 bits per heavy atom. The fraction of sp³-hybridized carbons (Fsp3) is 0.500. The van der Waals surface area contributed by atoms with Crippen molar-refractivity contribution in [2.24, 2.45) is 0 Å². The number of thiazole rings is 1. The van der Waals surface area contributed by atoms with Crippen molar-refractivity contribution in [3.63, 3.8) is 0 Å². The van der Waals surface area contributed by atoms with Gasteiger partial charge in [0.2, 0.25) is 0 Å². The van der Waals surface area contributed by atoms with E-state index in [0.717, 1.165) is 11.4 Å². The molecule has 0 bridgehead atoms. The molecule has 0 atom stereocenters. The van der Waals surface area contributed by atoms with Gasteiger partial charge in [0, 0.05) is 11.1 Å². The molecule has 9 heavy (non-hydrogen) atoms. The van der Waals surface area contributed by atoms with E-state index >= 15 is 0 Å². The number of halogens is 1. The van der Waals surface area contributed by atoms with Crippen LogP contribution in [-0.2, 0) is 12.3 Å². The molecule has 0 saturated carbocycles. The number of nitrogens with zero attached hydrogens (tertiary/aromatic N) is 1. The molecule has 0 aliphatic rings. The SMILES string of the molecule is CCc1cnc(CCl)s1. The van der Waals surface area contributed by atoms with Crippen molar-refractivity contribution >= 4 is 22.9 Å². The highest BCUT2D eigenvalue weighted by Crippen LogP contribution is 2.14. The third kappa shape index (κ3) is 1.66. The van der Waals surface area contributed by atoms with E-state index in [1.54, 1.807) is 11.3 Å². The van der Waals surface area contributed by atoms with Gasteiger partial charge < -0.3 is 0 Å². The molecule has 0 aliphatic heterocycles. The Balaban J connectivity index is 2.74. The second-order valence-corrected chi connectivity index (χ2v) is 3.17. The first-order valence-electron chi connectivity index (χ1n) is 2.86. The molecule has 0 fully saturated rings. The lowest BCUT2D eigenvalue weighted by Gasteiger charge is -1.80. The van der Waals surface area contributed by atoms with Gasteiger partial charge in [-0.3, -0.25) is 0 Å². The Morgan fingerprint density at radius 1 is 1.78 bits per heavy atom. The van der Waals surface area contributed by atoms with E-state index in [4.69, 9.17) is 11.6 Å². The highest BCUT2D eigenvalue weighted by Gasteiger charge is 1.96. The van der Waals surface area contributed by atoms with Crippen molar-refractivity contribution < 1.29 is 0 Å². The summed E-state index contributed by atoms with van der Waals surface area (Å²) in [5.74, 6) is 0.546.